The highest BCUT2D eigenvalue weighted by molar-refractivity contribution is 6.17. The molecule has 0 atom stereocenters. The van der Waals surface area contributed by atoms with Crippen LogP contribution in [0.3, 0.4) is 0 Å². The normalized spacial score (nSPS) is 10.6. The monoisotopic (exact) mass is 270 g/mol. The van der Waals surface area contributed by atoms with Gasteiger partial charge in [0.1, 0.15) is 5.52 Å². The van der Waals surface area contributed by atoms with Gasteiger partial charge < -0.3 is 4.74 Å². The van der Waals surface area contributed by atoms with Crippen LogP contribution >= 0.6 is 11.6 Å². The number of alkyl halides is 1. The second-order valence-electron chi connectivity index (χ2n) is 4.07. The Morgan fingerprint density at radius 1 is 1.00 bits per heavy atom. The van der Waals surface area contributed by atoms with Crippen LogP contribution in [0.5, 0.6) is 11.6 Å². The number of ether oxygens (including phenoxy) is 1. The third kappa shape index (κ3) is 2.51. The van der Waals surface area contributed by atoms with Gasteiger partial charge in [-0.05, 0) is 23.8 Å². The number of pyridine rings is 2. The van der Waals surface area contributed by atoms with Crippen LogP contribution in [0, 0.1) is 0 Å². The summed E-state index contributed by atoms with van der Waals surface area (Å²) in [4.78, 5) is 8.52. The fourth-order valence-corrected chi connectivity index (χ4v) is 2.03. The maximum atomic E-state index is 5.80. The van der Waals surface area contributed by atoms with E-state index in [1.165, 1.54) is 0 Å². The molecule has 2 heterocycles. The molecule has 3 aromatic rings. The molecule has 3 nitrogen and oxygen atoms in total. The minimum Gasteiger partial charge on any atom is -0.437 e. The quantitative estimate of drug-likeness (QED) is 0.670. The van der Waals surface area contributed by atoms with Gasteiger partial charge in [-0.1, -0.05) is 18.2 Å². The zero-order valence-corrected chi connectivity index (χ0v) is 10.8. The first-order valence-electron chi connectivity index (χ1n) is 5.89. The van der Waals surface area contributed by atoms with Gasteiger partial charge in [0.25, 0.3) is 0 Å². The van der Waals surface area contributed by atoms with Crippen LogP contribution in [0.25, 0.3) is 10.9 Å². The predicted octanol–water partition coefficient (Wildman–Crippen LogP) is 4.16. The van der Waals surface area contributed by atoms with Gasteiger partial charge in [0.15, 0.2) is 5.75 Å². The van der Waals surface area contributed by atoms with Crippen LogP contribution in [0.4, 0.5) is 0 Å². The molecule has 0 aliphatic carbocycles. The number of hydrogen-bond acceptors (Lipinski definition) is 3. The van der Waals surface area contributed by atoms with E-state index in [1.807, 2.05) is 42.5 Å². The van der Waals surface area contributed by atoms with Crippen molar-refractivity contribution >= 4 is 22.5 Å². The molecule has 0 fully saturated rings. The van der Waals surface area contributed by atoms with Crippen molar-refractivity contribution in [1.29, 1.82) is 0 Å². The molecule has 0 saturated carbocycles. The highest BCUT2D eigenvalue weighted by Crippen LogP contribution is 2.27. The van der Waals surface area contributed by atoms with E-state index >= 15 is 0 Å². The summed E-state index contributed by atoms with van der Waals surface area (Å²) in [5.41, 5.74) is 1.79. The lowest BCUT2D eigenvalue weighted by atomic mass is 10.2. The van der Waals surface area contributed by atoms with Gasteiger partial charge in [0, 0.05) is 29.7 Å². The first-order chi connectivity index (χ1) is 9.36. The SMILES string of the molecule is ClCc1ccnc(Oc2cccc3cccnc23)c1. The maximum absolute atomic E-state index is 5.80. The Labute approximate surface area is 115 Å². The van der Waals surface area contributed by atoms with Gasteiger partial charge in [0.2, 0.25) is 5.88 Å². The Bertz CT molecular complexity index is 710. The summed E-state index contributed by atoms with van der Waals surface area (Å²) in [7, 11) is 0. The second-order valence-corrected chi connectivity index (χ2v) is 4.34. The van der Waals surface area contributed by atoms with Crippen molar-refractivity contribution in [3.8, 4) is 11.6 Å². The third-order valence-corrected chi connectivity index (χ3v) is 3.07. The van der Waals surface area contributed by atoms with Gasteiger partial charge in [0.05, 0.1) is 0 Å². The molecule has 0 radical (unpaired) electrons. The fourth-order valence-electron chi connectivity index (χ4n) is 1.86. The van der Waals surface area contributed by atoms with Crippen molar-refractivity contribution in [2.75, 3.05) is 0 Å². The first-order valence-corrected chi connectivity index (χ1v) is 6.43. The van der Waals surface area contributed by atoms with Crippen LogP contribution < -0.4 is 4.74 Å². The third-order valence-electron chi connectivity index (χ3n) is 2.76. The summed E-state index contributed by atoms with van der Waals surface area (Å²) in [5, 5.41) is 1.04. The van der Waals surface area contributed by atoms with Crippen LogP contribution in [0.2, 0.25) is 0 Å². The molecule has 4 heteroatoms. The number of rotatable bonds is 3. The highest BCUT2D eigenvalue weighted by atomic mass is 35.5. The van der Waals surface area contributed by atoms with Crippen molar-refractivity contribution in [3.63, 3.8) is 0 Å². The smallest absolute Gasteiger partial charge is 0.219 e. The van der Waals surface area contributed by atoms with Crippen LogP contribution in [-0.4, -0.2) is 9.97 Å². The molecule has 0 spiro atoms. The maximum Gasteiger partial charge on any atom is 0.219 e. The Morgan fingerprint density at radius 3 is 2.79 bits per heavy atom. The lowest BCUT2D eigenvalue weighted by molar-refractivity contribution is 0.466. The molecule has 94 valence electrons. The molecule has 0 unspecified atom stereocenters. The molecule has 3 rings (SSSR count). The largest absolute Gasteiger partial charge is 0.437 e. The molecule has 0 saturated heterocycles. The lowest BCUT2D eigenvalue weighted by Crippen LogP contribution is -1.91. The summed E-state index contributed by atoms with van der Waals surface area (Å²) in [6, 6.07) is 13.4. The molecule has 0 amide bonds. The molecular formula is C15H11ClN2O. The van der Waals surface area contributed by atoms with Crippen molar-refractivity contribution in [1.82, 2.24) is 9.97 Å². The van der Waals surface area contributed by atoms with Crippen LogP contribution in [-0.2, 0) is 5.88 Å². The molecule has 2 aromatic heterocycles. The number of hydrogen-bond donors (Lipinski definition) is 0. The van der Waals surface area contributed by atoms with E-state index in [0.717, 1.165) is 16.5 Å². The average Bonchev–Trinajstić information content (AvgIpc) is 2.48. The summed E-state index contributed by atoms with van der Waals surface area (Å²) in [5.74, 6) is 1.65. The average molecular weight is 271 g/mol. The minimum atomic E-state index is 0.437. The van der Waals surface area contributed by atoms with E-state index < -0.39 is 0 Å². The van der Waals surface area contributed by atoms with Crippen LogP contribution in [0.15, 0.2) is 54.9 Å². The van der Waals surface area contributed by atoms with Crippen molar-refractivity contribution in [2.45, 2.75) is 5.88 Å². The highest BCUT2D eigenvalue weighted by Gasteiger charge is 2.05. The topological polar surface area (TPSA) is 35.0 Å². The number of nitrogens with zero attached hydrogens (tertiary/aromatic N) is 2. The Kier molecular flexibility index (Phi) is 3.29. The molecular weight excluding hydrogens is 260 g/mol. The summed E-state index contributed by atoms with van der Waals surface area (Å²) >= 11 is 5.80. The fraction of sp³-hybridized carbons (Fsp3) is 0.0667. The zero-order valence-electron chi connectivity index (χ0n) is 10.1. The predicted molar refractivity (Wildman–Crippen MR) is 75.6 cm³/mol. The van der Waals surface area contributed by atoms with Crippen molar-refractivity contribution < 1.29 is 4.74 Å². The van der Waals surface area contributed by atoms with Crippen molar-refractivity contribution in [3.05, 3.63) is 60.4 Å². The lowest BCUT2D eigenvalue weighted by Gasteiger charge is -2.07. The molecule has 0 aliphatic rings. The number of benzene rings is 1. The van der Waals surface area contributed by atoms with Gasteiger partial charge in [-0.2, -0.15) is 0 Å². The van der Waals surface area contributed by atoms with E-state index in [-0.39, 0.29) is 0 Å². The van der Waals surface area contributed by atoms with Crippen LogP contribution in [0.1, 0.15) is 5.56 Å². The Hall–Kier alpha value is -2.13. The minimum absolute atomic E-state index is 0.437. The van der Waals surface area contributed by atoms with E-state index in [9.17, 15) is 0 Å². The molecule has 0 aliphatic heterocycles. The second kappa shape index (κ2) is 5.24. The number of para-hydroxylation sites is 1. The standard InChI is InChI=1S/C15H11ClN2O/c16-10-11-6-8-17-14(9-11)19-13-5-1-3-12-4-2-7-18-15(12)13/h1-9H,10H2. The molecule has 19 heavy (non-hydrogen) atoms. The molecule has 0 N–H and O–H groups in total. The van der Waals surface area contributed by atoms with E-state index in [2.05, 4.69) is 9.97 Å². The number of aromatic nitrogens is 2. The summed E-state index contributed by atoms with van der Waals surface area (Å²) < 4.78 is 5.80. The van der Waals surface area contributed by atoms with Gasteiger partial charge in [-0.25, -0.2) is 4.98 Å². The number of fused-ring (bicyclic) bond motifs is 1. The zero-order chi connectivity index (χ0) is 13.1. The number of halogens is 1. The molecule has 1 aromatic carbocycles. The van der Waals surface area contributed by atoms with E-state index in [4.69, 9.17) is 16.3 Å². The van der Waals surface area contributed by atoms with E-state index in [0.29, 0.717) is 17.5 Å². The summed E-state index contributed by atoms with van der Waals surface area (Å²) in [6.45, 7) is 0. The molecule has 0 bridgehead atoms. The van der Waals surface area contributed by atoms with Gasteiger partial charge in [-0.3, -0.25) is 4.98 Å². The van der Waals surface area contributed by atoms with E-state index in [1.54, 1.807) is 12.4 Å². The van der Waals surface area contributed by atoms with Gasteiger partial charge >= 0.3 is 0 Å². The Morgan fingerprint density at radius 2 is 1.89 bits per heavy atom. The Balaban J connectivity index is 2.01. The van der Waals surface area contributed by atoms with Gasteiger partial charge in [-0.15, -0.1) is 11.6 Å². The van der Waals surface area contributed by atoms with Crippen molar-refractivity contribution in [2.24, 2.45) is 0 Å². The first kappa shape index (κ1) is 11.9. The summed E-state index contributed by atoms with van der Waals surface area (Å²) in [6.07, 6.45) is 3.43.